The highest BCUT2D eigenvalue weighted by atomic mass is 35.5. The number of H-pyrrole nitrogens is 1. The average Bonchev–Trinajstić information content (AvgIpc) is 3.19. The van der Waals surface area contributed by atoms with E-state index < -0.39 is 11.8 Å². The number of rotatable bonds is 3. The normalized spacial score (nSPS) is 21.0. The molecule has 2 aromatic rings. The van der Waals surface area contributed by atoms with E-state index in [1.807, 2.05) is 19.9 Å². The zero-order chi connectivity index (χ0) is 21.6. The van der Waals surface area contributed by atoms with E-state index in [9.17, 15) is 9.59 Å². The molecule has 10 heteroatoms. The third-order valence-electron chi connectivity index (χ3n) is 5.43. The molecule has 9 nitrogen and oxygen atoms in total. The number of allylic oxidation sites excluding steroid dienone is 2. The van der Waals surface area contributed by atoms with Gasteiger partial charge in [0.15, 0.2) is 5.78 Å². The van der Waals surface area contributed by atoms with Crippen LogP contribution in [0, 0.1) is 5.41 Å². The molecule has 1 aliphatic heterocycles. The number of benzene rings is 1. The second-order valence-electron chi connectivity index (χ2n) is 8.21. The van der Waals surface area contributed by atoms with Crippen LogP contribution < -0.4 is 21.9 Å². The minimum Gasteiger partial charge on any atom is -0.384 e. The van der Waals surface area contributed by atoms with Crippen LogP contribution in [-0.4, -0.2) is 26.9 Å². The first-order chi connectivity index (χ1) is 14.2. The Hall–Kier alpha value is -3.17. The molecule has 2 heterocycles. The van der Waals surface area contributed by atoms with Crippen molar-refractivity contribution in [1.29, 1.82) is 0 Å². The molecular weight excluding hydrogens is 406 g/mol. The molecule has 0 bridgehead atoms. The molecule has 2 aliphatic rings. The number of nitrogens with two attached hydrogens (primary N) is 2. The SMILES string of the molecule is CC1(C)CC(=O)C2=C(C1)N(c1ncn[nH]1)C(N)=C(C(=O)NN)C2c1cccc(Cl)c1. The summed E-state index contributed by atoms with van der Waals surface area (Å²) in [7, 11) is 0. The van der Waals surface area contributed by atoms with Gasteiger partial charge in [0.1, 0.15) is 12.1 Å². The van der Waals surface area contributed by atoms with Crippen molar-refractivity contribution in [2.75, 3.05) is 4.90 Å². The largest absolute Gasteiger partial charge is 0.384 e. The van der Waals surface area contributed by atoms with Crippen molar-refractivity contribution >= 4 is 29.2 Å². The van der Waals surface area contributed by atoms with Gasteiger partial charge >= 0.3 is 0 Å². The summed E-state index contributed by atoms with van der Waals surface area (Å²) in [6, 6.07) is 7.04. The number of hydrogen-bond donors (Lipinski definition) is 4. The van der Waals surface area contributed by atoms with Gasteiger partial charge in [-0.1, -0.05) is 37.6 Å². The van der Waals surface area contributed by atoms with E-state index in [0.717, 1.165) is 0 Å². The van der Waals surface area contributed by atoms with E-state index in [2.05, 4.69) is 20.6 Å². The predicted octanol–water partition coefficient (Wildman–Crippen LogP) is 1.87. The highest BCUT2D eigenvalue weighted by Gasteiger charge is 2.46. The number of ketones is 1. The van der Waals surface area contributed by atoms with Crippen molar-refractivity contribution in [1.82, 2.24) is 20.6 Å². The molecule has 1 atom stereocenters. The third-order valence-corrected chi connectivity index (χ3v) is 5.67. The molecule has 30 heavy (non-hydrogen) atoms. The van der Waals surface area contributed by atoms with E-state index in [1.165, 1.54) is 6.33 Å². The molecule has 1 amide bonds. The Morgan fingerprint density at radius 2 is 2.13 bits per heavy atom. The Morgan fingerprint density at radius 3 is 2.77 bits per heavy atom. The maximum Gasteiger partial charge on any atom is 0.265 e. The molecular formula is C20H22ClN7O2. The lowest BCUT2D eigenvalue weighted by Crippen LogP contribution is -2.46. The van der Waals surface area contributed by atoms with Gasteiger partial charge in [-0.25, -0.2) is 10.9 Å². The zero-order valence-electron chi connectivity index (χ0n) is 16.6. The summed E-state index contributed by atoms with van der Waals surface area (Å²) in [4.78, 5) is 32.0. The summed E-state index contributed by atoms with van der Waals surface area (Å²) >= 11 is 6.22. The predicted molar refractivity (Wildman–Crippen MR) is 112 cm³/mol. The van der Waals surface area contributed by atoms with Gasteiger partial charge in [-0.2, -0.15) is 10.1 Å². The number of carbonyl (C=O) groups excluding carboxylic acids is 2. The number of aromatic nitrogens is 3. The molecule has 1 unspecified atom stereocenters. The van der Waals surface area contributed by atoms with Gasteiger partial charge in [0.2, 0.25) is 5.95 Å². The molecule has 0 spiro atoms. The Morgan fingerprint density at radius 1 is 1.37 bits per heavy atom. The number of aromatic amines is 1. The number of hydrazine groups is 1. The van der Waals surface area contributed by atoms with Crippen LogP contribution in [-0.2, 0) is 9.59 Å². The van der Waals surface area contributed by atoms with Crippen LogP contribution in [0.1, 0.15) is 38.2 Å². The van der Waals surface area contributed by atoms with Crippen molar-refractivity contribution in [3.8, 4) is 0 Å². The molecule has 6 N–H and O–H groups in total. The maximum absolute atomic E-state index is 13.4. The summed E-state index contributed by atoms with van der Waals surface area (Å²) in [6.45, 7) is 4.04. The van der Waals surface area contributed by atoms with Crippen molar-refractivity contribution in [3.63, 3.8) is 0 Å². The Bertz CT molecular complexity index is 1090. The lowest BCUT2D eigenvalue weighted by molar-refractivity contribution is -0.118. The quantitative estimate of drug-likeness (QED) is 0.332. The minimum atomic E-state index is -0.704. The molecule has 0 fully saturated rings. The highest BCUT2D eigenvalue weighted by molar-refractivity contribution is 6.30. The van der Waals surface area contributed by atoms with Gasteiger partial charge in [0.25, 0.3) is 5.91 Å². The van der Waals surface area contributed by atoms with Crippen LogP contribution in [0.2, 0.25) is 5.02 Å². The average molecular weight is 428 g/mol. The second-order valence-corrected chi connectivity index (χ2v) is 8.64. The first-order valence-corrected chi connectivity index (χ1v) is 9.79. The number of Topliss-reactive ketones (excluding diaryl/α,β-unsaturated/α-hetero) is 1. The molecule has 0 radical (unpaired) electrons. The van der Waals surface area contributed by atoms with Crippen molar-refractivity contribution < 1.29 is 9.59 Å². The monoisotopic (exact) mass is 427 g/mol. The van der Waals surface area contributed by atoms with Gasteiger partial charge in [0, 0.05) is 28.6 Å². The van der Waals surface area contributed by atoms with Crippen molar-refractivity contribution in [2.24, 2.45) is 17.0 Å². The van der Waals surface area contributed by atoms with Gasteiger partial charge in [-0.05, 0) is 29.5 Å². The standard InChI is InChI=1S/C20H22ClN7O2/c1-20(2)7-12-15(13(29)8-20)14(10-4-3-5-11(21)6-10)16(18(30)26-23)17(22)28(12)19-24-9-25-27-19/h3-6,9,14H,7-8,22-23H2,1-2H3,(H,26,30)(H,24,25,27). The van der Waals surface area contributed by atoms with E-state index in [4.69, 9.17) is 23.2 Å². The molecule has 156 valence electrons. The number of carbonyl (C=O) groups is 2. The fraction of sp³-hybridized carbons (Fsp3) is 0.300. The molecule has 1 aliphatic carbocycles. The van der Waals surface area contributed by atoms with Gasteiger partial charge in [0.05, 0.1) is 5.57 Å². The maximum atomic E-state index is 13.4. The van der Waals surface area contributed by atoms with Crippen LogP contribution in [0.3, 0.4) is 0 Å². The van der Waals surface area contributed by atoms with E-state index in [0.29, 0.717) is 40.6 Å². The van der Waals surface area contributed by atoms with Crippen LogP contribution in [0.25, 0.3) is 0 Å². The molecule has 1 aromatic carbocycles. The molecule has 0 saturated carbocycles. The Balaban J connectivity index is 2.03. The molecule has 1 aromatic heterocycles. The van der Waals surface area contributed by atoms with Crippen LogP contribution >= 0.6 is 11.6 Å². The van der Waals surface area contributed by atoms with E-state index >= 15 is 0 Å². The van der Waals surface area contributed by atoms with E-state index in [1.54, 1.807) is 23.1 Å². The zero-order valence-corrected chi connectivity index (χ0v) is 17.3. The summed E-state index contributed by atoms with van der Waals surface area (Å²) < 4.78 is 0. The second kappa shape index (κ2) is 7.26. The summed E-state index contributed by atoms with van der Waals surface area (Å²) in [5.74, 6) is 4.56. The smallest absolute Gasteiger partial charge is 0.265 e. The fourth-order valence-corrected chi connectivity index (χ4v) is 4.48. The van der Waals surface area contributed by atoms with E-state index in [-0.39, 0.29) is 22.6 Å². The fourth-order valence-electron chi connectivity index (χ4n) is 4.28. The molecule has 0 saturated heterocycles. The Kier molecular flexibility index (Phi) is 4.87. The van der Waals surface area contributed by atoms with Crippen LogP contribution in [0.5, 0.6) is 0 Å². The van der Waals surface area contributed by atoms with Crippen LogP contribution in [0.15, 0.2) is 53.3 Å². The Labute approximate surface area is 178 Å². The topological polar surface area (TPSA) is 143 Å². The summed E-state index contributed by atoms with van der Waals surface area (Å²) in [6.07, 6.45) is 2.24. The highest BCUT2D eigenvalue weighted by Crippen LogP contribution is 2.49. The lowest BCUT2D eigenvalue weighted by atomic mass is 9.68. The van der Waals surface area contributed by atoms with Crippen LogP contribution in [0.4, 0.5) is 5.95 Å². The summed E-state index contributed by atoms with van der Waals surface area (Å²) in [5.41, 5.74) is 10.4. The number of halogens is 1. The molecule has 4 rings (SSSR count). The van der Waals surface area contributed by atoms with Crippen molar-refractivity contribution in [2.45, 2.75) is 32.6 Å². The first kappa shape index (κ1) is 20.1. The number of nitrogens with one attached hydrogen (secondary N) is 2. The third kappa shape index (κ3) is 3.25. The van der Waals surface area contributed by atoms with Crippen molar-refractivity contribution in [3.05, 3.63) is 63.8 Å². The minimum absolute atomic E-state index is 0.0643. The summed E-state index contributed by atoms with van der Waals surface area (Å²) in [5, 5.41) is 7.16. The lowest BCUT2D eigenvalue weighted by Gasteiger charge is -2.43. The number of nitrogens with zero attached hydrogens (tertiary/aromatic N) is 3. The number of amides is 1. The van der Waals surface area contributed by atoms with Gasteiger partial charge < -0.3 is 5.73 Å². The van der Waals surface area contributed by atoms with Gasteiger partial charge in [-0.15, -0.1) is 0 Å². The van der Waals surface area contributed by atoms with Gasteiger partial charge in [-0.3, -0.25) is 19.9 Å². The number of hydrogen-bond acceptors (Lipinski definition) is 7. The first-order valence-electron chi connectivity index (χ1n) is 9.41. The number of anilines is 1.